The molecule has 2 aliphatic rings. The average Bonchev–Trinajstić information content (AvgIpc) is 2.58. The van der Waals surface area contributed by atoms with Crippen LogP contribution >= 0.6 is 0 Å². The molecule has 4 heteroatoms. The molecule has 0 radical (unpaired) electrons. The predicted octanol–water partition coefficient (Wildman–Crippen LogP) is 2.67. The summed E-state index contributed by atoms with van der Waals surface area (Å²) in [5.74, 6) is -0.522. The molecule has 2 fully saturated rings. The third kappa shape index (κ3) is 2.28. The molecular formula is C14H20O4. The second kappa shape index (κ2) is 4.75. The van der Waals surface area contributed by atoms with Gasteiger partial charge in [0.25, 0.3) is 0 Å². The van der Waals surface area contributed by atoms with E-state index < -0.39 is 11.6 Å². The van der Waals surface area contributed by atoms with Gasteiger partial charge in [0.1, 0.15) is 16.9 Å². The lowest BCUT2D eigenvalue weighted by atomic mass is 9.87. The average molecular weight is 252 g/mol. The van der Waals surface area contributed by atoms with Crippen molar-refractivity contribution in [2.24, 2.45) is 5.92 Å². The monoisotopic (exact) mass is 252 g/mol. The molecule has 4 nitrogen and oxygen atoms in total. The quantitative estimate of drug-likeness (QED) is 0.355. The van der Waals surface area contributed by atoms with Crippen molar-refractivity contribution in [2.75, 3.05) is 0 Å². The number of hydrogen-bond donors (Lipinski definition) is 1. The summed E-state index contributed by atoms with van der Waals surface area (Å²) in [7, 11) is 0. The molecule has 1 aliphatic carbocycles. The van der Waals surface area contributed by atoms with Crippen molar-refractivity contribution in [2.45, 2.75) is 58.0 Å². The molecule has 100 valence electrons. The third-order valence-electron chi connectivity index (χ3n) is 3.86. The fourth-order valence-electron chi connectivity index (χ4n) is 3.02. The highest BCUT2D eigenvalue weighted by Crippen LogP contribution is 2.43. The van der Waals surface area contributed by atoms with E-state index in [-0.39, 0.29) is 23.5 Å². The molecule has 0 aromatic rings. The smallest absolute Gasteiger partial charge is 0.345 e. The van der Waals surface area contributed by atoms with Gasteiger partial charge in [-0.05, 0) is 31.6 Å². The zero-order valence-electron chi connectivity index (χ0n) is 11.0. The number of rotatable bonds is 2. The van der Waals surface area contributed by atoms with E-state index in [0.29, 0.717) is 18.8 Å². The highest BCUT2D eigenvalue weighted by molar-refractivity contribution is 6.19. The normalized spacial score (nSPS) is 34.9. The van der Waals surface area contributed by atoms with E-state index in [1.807, 2.05) is 6.92 Å². The molecule has 0 aromatic heterocycles. The number of Topliss-reactive ketones (excluding diaryl/α,β-unsaturated/α-hetero) is 1. The molecule has 1 saturated heterocycles. The Balaban J connectivity index is 2.21. The second-order valence-electron chi connectivity index (χ2n) is 5.59. The van der Waals surface area contributed by atoms with Crippen LogP contribution in [0.3, 0.4) is 0 Å². The van der Waals surface area contributed by atoms with Gasteiger partial charge in [0.05, 0.1) is 6.42 Å². The number of aliphatic hydroxyl groups is 1. The van der Waals surface area contributed by atoms with Crippen LogP contribution in [0.2, 0.25) is 0 Å². The molecule has 2 atom stereocenters. The number of esters is 1. The van der Waals surface area contributed by atoms with Crippen LogP contribution in [-0.4, -0.2) is 22.5 Å². The van der Waals surface area contributed by atoms with E-state index in [1.54, 1.807) is 0 Å². The van der Waals surface area contributed by atoms with Crippen molar-refractivity contribution < 1.29 is 19.4 Å². The molecule has 2 rings (SSSR count). The topological polar surface area (TPSA) is 63.6 Å². The largest absolute Gasteiger partial charge is 0.511 e. The third-order valence-corrected chi connectivity index (χ3v) is 3.86. The Labute approximate surface area is 107 Å². The maximum atomic E-state index is 12.1. The van der Waals surface area contributed by atoms with Gasteiger partial charge in [0.15, 0.2) is 5.78 Å². The Morgan fingerprint density at radius 1 is 1.50 bits per heavy atom. The molecular weight excluding hydrogens is 232 g/mol. The summed E-state index contributed by atoms with van der Waals surface area (Å²) in [6, 6.07) is 0. The Bertz CT molecular complexity index is 388. The van der Waals surface area contributed by atoms with E-state index in [4.69, 9.17) is 4.74 Å². The summed E-state index contributed by atoms with van der Waals surface area (Å²) in [4.78, 5) is 24.0. The fourth-order valence-corrected chi connectivity index (χ4v) is 3.02. The molecule has 0 amide bonds. The second-order valence-corrected chi connectivity index (χ2v) is 5.59. The lowest BCUT2D eigenvalue weighted by Crippen LogP contribution is -2.42. The van der Waals surface area contributed by atoms with Gasteiger partial charge < -0.3 is 9.84 Å². The summed E-state index contributed by atoms with van der Waals surface area (Å²) < 4.78 is 5.48. The summed E-state index contributed by atoms with van der Waals surface area (Å²) >= 11 is 0. The lowest BCUT2D eigenvalue weighted by molar-refractivity contribution is -0.163. The number of carbonyl (C=O) groups excluding carboxylic acids is 2. The number of ether oxygens (including phenoxy) is 1. The van der Waals surface area contributed by atoms with Gasteiger partial charge in [0.2, 0.25) is 0 Å². The Morgan fingerprint density at radius 3 is 2.72 bits per heavy atom. The van der Waals surface area contributed by atoms with Crippen LogP contribution in [-0.2, 0) is 14.3 Å². The summed E-state index contributed by atoms with van der Waals surface area (Å²) in [5.41, 5.74) is -0.717. The van der Waals surface area contributed by atoms with Crippen molar-refractivity contribution in [3.63, 3.8) is 0 Å². The van der Waals surface area contributed by atoms with E-state index in [0.717, 1.165) is 19.3 Å². The van der Waals surface area contributed by atoms with Crippen LogP contribution < -0.4 is 0 Å². The van der Waals surface area contributed by atoms with E-state index in [2.05, 4.69) is 6.92 Å². The van der Waals surface area contributed by atoms with Gasteiger partial charge in [0, 0.05) is 6.42 Å². The molecule has 0 aromatic carbocycles. The fraction of sp³-hybridized carbons (Fsp3) is 0.714. The number of allylic oxidation sites excluding steroid dienone is 1. The van der Waals surface area contributed by atoms with E-state index >= 15 is 0 Å². The highest BCUT2D eigenvalue weighted by atomic mass is 16.6. The molecule has 1 heterocycles. The van der Waals surface area contributed by atoms with Crippen molar-refractivity contribution in [1.29, 1.82) is 0 Å². The number of hydrogen-bond acceptors (Lipinski definition) is 4. The molecule has 2 unspecified atom stereocenters. The van der Waals surface area contributed by atoms with E-state index in [1.165, 1.54) is 0 Å². The summed E-state index contributed by atoms with van der Waals surface area (Å²) in [6.45, 7) is 3.99. The minimum Gasteiger partial charge on any atom is -0.511 e. The van der Waals surface area contributed by atoms with Crippen LogP contribution in [0.1, 0.15) is 52.4 Å². The van der Waals surface area contributed by atoms with Gasteiger partial charge in [-0.3, -0.25) is 4.79 Å². The SMILES string of the molecule is CCCC(O)=C1C(=O)CC2(CCC(C)C2)OC1=O. The molecule has 1 aliphatic heterocycles. The lowest BCUT2D eigenvalue weighted by Gasteiger charge is -2.33. The molecule has 0 bridgehead atoms. The maximum Gasteiger partial charge on any atom is 0.345 e. The van der Waals surface area contributed by atoms with Gasteiger partial charge in [-0.2, -0.15) is 0 Å². The van der Waals surface area contributed by atoms with Crippen molar-refractivity contribution in [1.82, 2.24) is 0 Å². The van der Waals surface area contributed by atoms with Crippen LogP contribution in [0.5, 0.6) is 0 Å². The first-order valence-corrected chi connectivity index (χ1v) is 6.66. The molecule has 1 spiro atoms. The molecule has 1 N–H and O–H groups in total. The Hall–Kier alpha value is -1.32. The van der Waals surface area contributed by atoms with Crippen molar-refractivity contribution in [3.05, 3.63) is 11.3 Å². The predicted molar refractivity (Wildman–Crippen MR) is 66.0 cm³/mol. The Morgan fingerprint density at radius 2 is 2.22 bits per heavy atom. The first kappa shape index (κ1) is 13.1. The minimum absolute atomic E-state index is 0.117. The van der Waals surface area contributed by atoms with Gasteiger partial charge in [-0.1, -0.05) is 13.8 Å². The summed E-state index contributed by atoms with van der Waals surface area (Å²) in [6.07, 6.45) is 3.77. The van der Waals surface area contributed by atoms with Crippen LogP contribution in [0.15, 0.2) is 11.3 Å². The molecule has 18 heavy (non-hydrogen) atoms. The van der Waals surface area contributed by atoms with Crippen molar-refractivity contribution >= 4 is 11.8 Å². The Kier molecular flexibility index (Phi) is 3.46. The first-order chi connectivity index (χ1) is 8.47. The maximum absolute atomic E-state index is 12.1. The number of aliphatic hydroxyl groups excluding tert-OH is 1. The first-order valence-electron chi connectivity index (χ1n) is 6.66. The van der Waals surface area contributed by atoms with Gasteiger partial charge in [-0.15, -0.1) is 0 Å². The van der Waals surface area contributed by atoms with E-state index in [9.17, 15) is 14.7 Å². The zero-order valence-corrected chi connectivity index (χ0v) is 11.0. The standard InChI is InChI=1S/C14H20O4/c1-3-4-10(15)12-11(16)8-14(18-13(12)17)6-5-9(2)7-14/h9,15H,3-8H2,1-2H3. The number of ketones is 1. The van der Waals surface area contributed by atoms with Gasteiger partial charge in [-0.25, -0.2) is 4.79 Å². The van der Waals surface area contributed by atoms with Crippen LogP contribution in [0.4, 0.5) is 0 Å². The summed E-state index contributed by atoms with van der Waals surface area (Å²) in [5, 5.41) is 9.76. The van der Waals surface area contributed by atoms with Crippen molar-refractivity contribution in [3.8, 4) is 0 Å². The highest BCUT2D eigenvalue weighted by Gasteiger charge is 2.48. The van der Waals surface area contributed by atoms with Crippen LogP contribution in [0.25, 0.3) is 0 Å². The van der Waals surface area contributed by atoms with Gasteiger partial charge >= 0.3 is 5.97 Å². The minimum atomic E-state index is -0.633. The van der Waals surface area contributed by atoms with Crippen LogP contribution in [0, 0.1) is 5.92 Å². The molecule has 1 saturated carbocycles. The number of carbonyl (C=O) groups is 2. The zero-order chi connectivity index (χ0) is 13.3.